The van der Waals surface area contributed by atoms with Crippen molar-refractivity contribution in [3.05, 3.63) is 58.8 Å². The third-order valence-electron chi connectivity index (χ3n) is 6.31. The minimum atomic E-state index is -0.507. The quantitative estimate of drug-likeness (QED) is 0.514. The number of aromatic amines is 1. The zero-order valence-corrected chi connectivity index (χ0v) is 21.4. The summed E-state index contributed by atoms with van der Waals surface area (Å²) in [7, 11) is 0. The number of carbonyl (C=O) groups excluding carboxylic acids is 2. The average molecular weight is 475 g/mol. The van der Waals surface area contributed by atoms with Crippen LogP contribution in [0.15, 0.2) is 36.4 Å². The first kappa shape index (κ1) is 24.5. The third-order valence-corrected chi connectivity index (χ3v) is 6.31. The Hall–Kier alpha value is -3.61. The molecule has 1 aliphatic rings. The van der Waals surface area contributed by atoms with E-state index in [2.05, 4.69) is 46.7 Å². The van der Waals surface area contributed by atoms with Gasteiger partial charge in [0.05, 0.1) is 11.2 Å². The topological polar surface area (TPSA) is 87.3 Å². The number of ether oxygens (including phenoxy) is 1. The molecule has 2 amide bonds. The van der Waals surface area contributed by atoms with Crippen LogP contribution in [-0.2, 0) is 4.74 Å². The van der Waals surface area contributed by atoms with Crippen LogP contribution in [0.25, 0.3) is 27.6 Å². The first-order valence-electron chi connectivity index (χ1n) is 12.1. The Balaban J connectivity index is 1.61. The fraction of sp³-hybridized carbons (Fsp3) is 0.393. The SMILES string of the molecule is CCNC(=O)c1cc(C)c(C)c(-c2ccc3c(C4=CCN(C(=O)OC(C)(C)C)CC4)n[nH]c3c2)c1. The number of rotatable bonds is 4. The van der Waals surface area contributed by atoms with Crippen LogP contribution in [0.4, 0.5) is 4.79 Å². The van der Waals surface area contributed by atoms with Crippen molar-refractivity contribution in [1.82, 2.24) is 20.4 Å². The molecule has 0 saturated heterocycles. The van der Waals surface area contributed by atoms with E-state index in [1.165, 1.54) is 0 Å². The highest BCUT2D eigenvalue weighted by Gasteiger charge is 2.25. The molecule has 0 unspecified atom stereocenters. The van der Waals surface area contributed by atoms with Crippen molar-refractivity contribution in [2.45, 2.75) is 53.6 Å². The molecule has 0 saturated carbocycles. The second-order valence-electron chi connectivity index (χ2n) is 10.1. The van der Waals surface area contributed by atoms with Gasteiger partial charge in [-0.1, -0.05) is 12.1 Å². The Morgan fingerprint density at radius 2 is 1.94 bits per heavy atom. The Labute approximate surface area is 206 Å². The molecule has 0 radical (unpaired) electrons. The van der Waals surface area contributed by atoms with Gasteiger partial charge in [-0.15, -0.1) is 0 Å². The Kier molecular flexibility index (Phi) is 6.70. The lowest BCUT2D eigenvalue weighted by Crippen LogP contribution is -2.39. The second-order valence-corrected chi connectivity index (χ2v) is 10.1. The number of aromatic nitrogens is 2. The van der Waals surface area contributed by atoms with E-state index < -0.39 is 5.60 Å². The lowest BCUT2D eigenvalue weighted by Gasteiger charge is -2.29. The van der Waals surface area contributed by atoms with Gasteiger partial charge in [0.2, 0.25) is 0 Å². The number of carbonyl (C=O) groups is 2. The standard InChI is InChI=1S/C28H34N4O3/c1-7-29-26(33)21-14-17(2)18(3)23(15-21)20-8-9-22-24(16-20)30-31-25(22)19-10-12-32(13-11-19)27(34)35-28(4,5)6/h8-10,14-16H,7,11-13H2,1-6H3,(H,29,33)(H,30,31). The first-order valence-corrected chi connectivity index (χ1v) is 12.1. The van der Waals surface area contributed by atoms with Gasteiger partial charge in [-0.05, 0) is 100 Å². The Morgan fingerprint density at radius 3 is 2.60 bits per heavy atom. The van der Waals surface area contributed by atoms with Crippen LogP contribution in [0.2, 0.25) is 0 Å². The van der Waals surface area contributed by atoms with Gasteiger partial charge in [0.15, 0.2) is 0 Å². The van der Waals surface area contributed by atoms with Gasteiger partial charge in [0.1, 0.15) is 5.60 Å². The van der Waals surface area contributed by atoms with Crippen LogP contribution < -0.4 is 5.32 Å². The molecular formula is C28H34N4O3. The number of nitrogens with zero attached hydrogens (tertiary/aromatic N) is 2. The van der Waals surface area contributed by atoms with Crippen molar-refractivity contribution in [2.75, 3.05) is 19.6 Å². The number of hydrogen-bond donors (Lipinski definition) is 2. The largest absolute Gasteiger partial charge is 0.444 e. The van der Waals surface area contributed by atoms with Crippen molar-refractivity contribution in [2.24, 2.45) is 0 Å². The van der Waals surface area contributed by atoms with Crippen LogP contribution in [0.1, 0.15) is 61.3 Å². The summed E-state index contributed by atoms with van der Waals surface area (Å²) in [6.45, 7) is 13.3. The number of benzene rings is 2. The molecule has 7 nitrogen and oxygen atoms in total. The lowest BCUT2D eigenvalue weighted by molar-refractivity contribution is 0.0270. The summed E-state index contributed by atoms with van der Waals surface area (Å²) in [5.74, 6) is -0.0635. The van der Waals surface area contributed by atoms with Crippen molar-refractivity contribution in [1.29, 1.82) is 0 Å². The third kappa shape index (κ3) is 5.24. The maximum absolute atomic E-state index is 12.5. The number of nitrogens with one attached hydrogen (secondary N) is 2. The Bertz CT molecular complexity index is 1310. The van der Waals surface area contributed by atoms with Gasteiger partial charge >= 0.3 is 6.09 Å². The van der Waals surface area contributed by atoms with E-state index in [-0.39, 0.29) is 12.0 Å². The molecule has 35 heavy (non-hydrogen) atoms. The summed E-state index contributed by atoms with van der Waals surface area (Å²) >= 11 is 0. The molecule has 3 aromatic rings. The zero-order valence-electron chi connectivity index (χ0n) is 21.4. The number of H-pyrrole nitrogens is 1. The highest BCUT2D eigenvalue weighted by Crippen LogP contribution is 2.33. The van der Waals surface area contributed by atoms with Gasteiger partial charge in [-0.3, -0.25) is 9.89 Å². The summed E-state index contributed by atoms with van der Waals surface area (Å²) in [6, 6.07) is 10.2. The molecule has 2 N–H and O–H groups in total. The van der Waals surface area contributed by atoms with Crippen LogP contribution >= 0.6 is 0 Å². The maximum atomic E-state index is 12.5. The lowest BCUT2D eigenvalue weighted by atomic mass is 9.93. The molecule has 0 aliphatic carbocycles. The first-order chi connectivity index (χ1) is 16.6. The van der Waals surface area contributed by atoms with E-state index >= 15 is 0 Å². The molecule has 0 atom stereocenters. The van der Waals surface area contributed by atoms with Crippen LogP contribution in [0, 0.1) is 13.8 Å². The maximum Gasteiger partial charge on any atom is 0.410 e. The van der Waals surface area contributed by atoms with Crippen molar-refractivity contribution >= 4 is 28.5 Å². The van der Waals surface area contributed by atoms with E-state index in [9.17, 15) is 9.59 Å². The molecule has 2 aromatic carbocycles. The number of amides is 2. The molecule has 1 aromatic heterocycles. The Morgan fingerprint density at radius 1 is 1.17 bits per heavy atom. The van der Waals surface area contributed by atoms with Crippen molar-refractivity contribution in [3.63, 3.8) is 0 Å². The van der Waals surface area contributed by atoms with E-state index in [0.29, 0.717) is 31.6 Å². The molecule has 0 spiro atoms. The van der Waals surface area contributed by atoms with Crippen LogP contribution in [0.5, 0.6) is 0 Å². The summed E-state index contributed by atoms with van der Waals surface area (Å²) < 4.78 is 5.49. The normalized spacial score (nSPS) is 14.1. The van der Waals surface area contributed by atoms with Gasteiger partial charge in [0, 0.05) is 30.6 Å². The van der Waals surface area contributed by atoms with Crippen LogP contribution in [-0.4, -0.2) is 52.3 Å². The fourth-order valence-corrected chi connectivity index (χ4v) is 4.36. The molecular weight excluding hydrogens is 440 g/mol. The molecule has 0 fully saturated rings. The zero-order chi connectivity index (χ0) is 25.3. The van der Waals surface area contributed by atoms with Gasteiger partial charge in [-0.25, -0.2) is 4.79 Å². The predicted molar refractivity (Wildman–Crippen MR) is 139 cm³/mol. The highest BCUT2D eigenvalue weighted by molar-refractivity contribution is 5.97. The van der Waals surface area contributed by atoms with Gasteiger partial charge in [-0.2, -0.15) is 5.10 Å². The molecule has 7 heteroatoms. The van der Waals surface area contributed by atoms with Gasteiger partial charge < -0.3 is 15.0 Å². The average Bonchev–Trinajstić information content (AvgIpc) is 3.23. The molecule has 184 valence electrons. The molecule has 1 aliphatic heterocycles. The summed E-state index contributed by atoms with van der Waals surface area (Å²) in [5, 5.41) is 11.7. The smallest absolute Gasteiger partial charge is 0.410 e. The minimum absolute atomic E-state index is 0.0635. The summed E-state index contributed by atoms with van der Waals surface area (Å²) in [4.78, 5) is 26.5. The van der Waals surface area contributed by atoms with E-state index in [0.717, 1.165) is 44.4 Å². The minimum Gasteiger partial charge on any atom is -0.444 e. The second kappa shape index (κ2) is 9.56. The highest BCUT2D eigenvalue weighted by atomic mass is 16.6. The molecule has 4 rings (SSSR count). The van der Waals surface area contributed by atoms with E-state index in [1.54, 1.807) is 4.90 Å². The van der Waals surface area contributed by atoms with Crippen LogP contribution in [0.3, 0.4) is 0 Å². The predicted octanol–water partition coefficient (Wildman–Crippen LogP) is 5.62. The van der Waals surface area contributed by atoms with E-state index in [1.807, 2.05) is 46.8 Å². The summed E-state index contributed by atoms with van der Waals surface area (Å²) in [6.07, 6.45) is 2.48. The monoisotopic (exact) mass is 474 g/mol. The number of aryl methyl sites for hydroxylation is 1. The number of fused-ring (bicyclic) bond motifs is 1. The van der Waals surface area contributed by atoms with Gasteiger partial charge in [0.25, 0.3) is 5.91 Å². The van der Waals surface area contributed by atoms with Crippen molar-refractivity contribution in [3.8, 4) is 11.1 Å². The van der Waals surface area contributed by atoms with Crippen molar-refractivity contribution < 1.29 is 14.3 Å². The fourth-order valence-electron chi connectivity index (χ4n) is 4.36. The molecule has 2 heterocycles. The summed E-state index contributed by atoms with van der Waals surface area (Å²) in [5.41, 5.74) is 7.43. The van der Waals surface area contributed by atoms with E-state index in [4.69, 9.17) is 4.74 Å². The number of hydrogen-bond acceptors (Lipinski definition) is 4. The molecule has 0 bridgehead atoms.